The molecule has 1 atom stereocenters. The van der Waals surface area contributed by atoms with Gasteiger partial charge in [-0.1, -0.05) is 30.3 Å². The van der Waals surface area contributed by atoms with Gasteiger partial charge >= 0.3 is 0 Å². The summed E-state index contributed by atoms with van der Waals surface area (Å²) < 4.78 is 27.2. The Balaban J connectivity index is 1.61. The van der Waals surface area contributed by atoms with Crippen LogP contribution in [-0.2, 0) is 11.4 Å². The van der Waals surface area contributed by atoms with E-state index in [1.807, 2.05) is 0 Å². The first-order chi connectivity index (χ1) is 14.7. The minimum absolute atomic E-state index is 0.104. The average Bonchev–Trinajstić information content (AvgIpc) is 3.17. The van der Waals surface area contributed by atoms with Gasteiger partial charge in [-0.15, -0.1) is 10.2 Å². The molecule has 0 radical (unpaired) electrons. The van der Waals surface area contributed by atoms with E-state index in [-0.39, 0.29) is 23.5 Å². The summed E-state index contributed by atoms with van der Waals surface area (Å²) in [5.41, 5.74) is 0.335. The van der Waals surface area contributed by atoms with Crippen molar-refractivity contribution in [1.82, 2.24) is 14.8 Å². The van der Waals surface area contributed by atoms with Gasteiger partial charge in [0.15, 0.2) is 11.0 Å². The molecule has 0 saturated heterocycles. The zero-order chi connectivity index (χ0) is 20.9. The van der Waals surface area contributed by atoms with Crippen molar-refractivity contribution in [2.45, 2.75) is 42.7 Å². The lowest BCUT2D eigenvalue weighted by Crippen LogP contribution is -2.22. The summed E-state index contributed by atoms with van der Waals surface area (Å²) in [6, 6.07) is 13.6. The standard InChI is InChI=1S/C22H22FN3O3S/c1-28-15-10-12-16(13-11-15)29-14-21-24-25-22(30-20-9-5-4-8-19(20)27)26(21)18-7-3-2-6-17(18)23/h2-3,6-7,10-13,20H,4-5,8-9,14H2,1H3/t20-/m0/s1. The Morgan fingerprint density at radius 3 is 2.60 bits per heavy atom. The van der Waals surface area contributed by atoms with Crippen molar-refractivity contribution < 1.29 is 18.7 Å². The van der Waals surface area contributed by atoms with E-state index in [9.17, 15) is 9.18 Å². The second kappa shape index (κ2) is 9.30. The van der Waals surface area contributed by atoms with E-state index in [0.29, 0.717) is 28.8 Å². The number of rotatable bonds is 7. The predicted octanol–water partition coefficient (Wildman–Crippen LogP) is 4.60. The first-order valence-electron chi connectivity index (χ1n) is 9.81. The maximum atomic E-state index is 14.6. The number of aromatic nitrogens is 3. The quantitative estimate of drug-likeness (QED) is 0.549. The van der Waals surface area contributed by atoms with Crippen molar-refractivity contribution in [3.8, 4) is 17.2 Å². The smallest absolute Gasteiger partial charge is 0.196 e. The number of thioether (sulfide) groups is 1. The Bertz CT molecular complexity index is 1020. The van der Waals surface area contributed by atoms with E-state index in [2.05, 4.69) is 10.2 Å². The molecule has 1 aromatic heterocycles. The number of nitrogens with zero attached hydrogens (tertiary/aromatic N) is 3. The molecule has 156 valence electrons. The summed E-state index contributed by atoms with van der Waals surface area (Å²) in [5.74, 6) is 1.65. The van der Waals surface area contributed by atoms with Gasteiger partial charge in [-0.3, -0.25) is 9.36 Å². The summed E-state index contributed by atoms with van der Waals surface area (Å²) in [5, 5.41) is 8.81. The Morgan fingerprint density at radius 2 is 1.87 bits per heavy atom. The molecule has 1 aliphatic rings. The van der Waals surface area contributed by atoms with E-state index in [1.54, 1.807) is 54.1 Å². The third kappa shape index (κ3) is 4.48. The maximum absolute atomic E-state index is 14.6. The Morgan fingerprint density at radius 1 is 1.10 bits per heavy atom. The van der Waals surface area contributed by atoms with E-state index in [1.165, 1.54) is 17.8 Å². The fourth-order valence-corrected chi connectivity index (χ4v) is 4.55. The minimum atomic E-state index is -0.389. The van der Waals surface area contributed by atoms with Gasteiger partial charge in [0.2, 0.25) is 0 Å². The number of para-hydroxylation sites is 1. The second-order valence-electron chi connectivity index (χ2n) is 6.97. The van der Waals surface area contributed by atoms with Crippen LogP contribution in [-0.4, -0.2) is 32.9 Å². The van der Waals surface area contributed by atoms with Crippen molar-refractivity contribution in [3.63, 3.8) is 0 Å². The fraction of sp³-hybridized carbons (Fsp3) is 0.318. The molecule has 0 aliphatic heterocycles. The number of hydrogen-bond donors (Lipinski definition) is 0. The Labute approximate surface area is 178 Å². The van der Waals surface area contributed by atoms with Crippen LogP contribution in [0.1, 0.15) is 31.5 Å². The molecule has 3 aromatic rings. The van der Waals surface area contributed by atoms with Gasteiger partial charge in [0.05, 0.1) is 18.0 Å². The van der Waals surface area contributed by atoms with Gasteiger partial charge in [-0.25, -0.2) is 4.39 Å². The van der Waals surface area contributed by atoms with Gasteiger partial charge in [-0.05, 0) is 49.2 Å². The van der Waals surface area contributed by atoms with E-state index >= 15 is 0 Å². The van der Waals surface area contributed by atoms with Crippen molar-refractivity contribution in [2.24, 2.45) is 0 Å². The van der Waals surface area contributed by atoms with Gasteiger partial charge < -0.3 is 9.47 Å². The zero-order valence-electron chi connectivity index (χ0n) is 16.6. The Kier molecular flexibility index (Phi) is 6.32. The number of methoxy groups -OCH3 is 1. The van der Waals surface area contributed by atoms with Crippen LogP contribution in [0.2, 0.25) is 0 Å². The molecule has 8 heteroatoms. The lowest BCUT2D eigenvalue weighted by atomic mass is 9.99. The molecular weight excluding hydrogens is 405 g/mol. The van der Waals surface area contributed by atoms with Crippen molar-refractivity contribution >= 4 is 17.5 Å². The molecule has 2 aromatic carbocycles. The third-order valence-electron chi connectivity index (χ3n) is 4.97. The van der Waals surface area contributed by atoms with E-state index in [0.717, 1.165) is 25.0 Å². The number of Topliss-reactive ketones (excluding diaryl/α,β-unsaturated/α-hetero) is 1. The molecule has 0 N–H and O–H groups in total. The summed E-state index contributed by atoms with van der Waals surface area (Å²) in [6.07, 6.45) is 3.31. The molecule has 1 fully saturated rings. The highest BCUT2D eigenvalue weighted by Crippen LogP contribution is 2.33. The van der Waals surface area contributed by atoms with Gasteiger partial charge in [0.25, 0.3) is 0 Å². The maximum Gasteiger partial charge on any atom is 0.196 e. The van der Waals surface area contributed by atoms with Gasteiger partial charge in [0.1, 0.15) is 29.7 Å². The molecule has 0 unspecified atom stereocenters. The largest absolute Gasteiger partial charge is 0.497 e. The predicted molar refractivity (Wildman–Crippen MR) is 112 cm³/mol. The highest BCUT2D eigenvalue weighted by molar-refractivity contribution is 8.00. The van der Waals surface area contributed by atoms with Gasteiger partial charge in [-0.2, -0.15) is 0 Å². The first-order valence-corrected chi connectivity index (χ1v) is 10.7. The van der Waals surface area contributed by atoms with Crippen LogP contribution in [0, 0.1) is 5.82 Å². The van der Waals surface area contributed by atoms with Crippen molar-refractivity contribution in [1.29, 1.82) is 0 Å². The van der Waals surface area contributed by atoms with Crippen molar-refractivity contribution in [2.75, 3.05) is 7.11 Å². The number of ether oxygens (including phenoxy) is 2. The summed E-state index contributed by atoms with van der Waals surface area (Å²) in [7, 11) is 1.60. The normalized spacial score (nSPS) is 16.5. The molecular formula is C22H22FN3O3S. The molecule has 0 spiro atoms. The fourth-order valence-electron chi connectivity index (χ4n) is 3.37. The molecule has 1 saturated carbocycles. The number of ketones is 1. The number of hydrogen-bond acceptors (Lipinski definition) is 6. The SMILES string of the molecule is COc1ccc(OCc2nnc(S[C@H]3CCCCC3=O)n2-c2ccccc2F)cc1. The van der Waals surface area contributed by atoms with Crippen LogP contribution in [0.15, 0.2) is 53.7 Å². The lowest BCUT2D eigenvalue weighted by Gasteiger charge is -2.20. The van der Waals surface area contributed by atoms with Gasteiger partial charge in [0, 0.05) is 6.42 Å². The van der Waals surface area contributed by atoms with Crippen LogP contribution >= 0.6 is 11.8 Å². The molecule has 1 heterocycles. The first kappa shape index (κ1) is 20.4. The molecule has 0 amide bonds. The lowest BCUT2D eigenvalue weighted by molar-refractivity contribution is -0.119. The molecule has 6 nitrogen and oxygen atoms in total. The average molecular weight is 428 g/mol. The monoisotopic (exact) mass is 427 g/mol. The summed E-state index contributed by atoms with van der Waals surface area (Å²) >= 11 is 1.35. The molecule has 1 aliphatic carbocycles. The molecule has 4 rings (SSSR count). The van der Waals surface area contributed by atoms with Crippen molar-refractivity contribution in [3.05, 3.63) is 60.2 Å². The van der Waals surface area contributed by atoms with Crippen LogP contribution in [0.25, 0.3) is 5.69 Å². The van der Waals surface area contributed by atoms with E-state index < -0.39 is 0 Å². The molecule has 30 heavy (non-hydrogen) atoms. The number of halogens is 1. The van der Waals surface area contributed by atoms with Crippen LogP contribution < -0.4 is 9.47 Å². The van der Waals surface area contributed by atoms with E-state index in [4.69, 9.17) is 9.47 Å². The molecule has 0 bridgehead atoms. The third-order valence-corrected chi connectivity index (χ3v) is 6.23. The minimum Gasteiger partial charge on any atom is -0.497 e. The van der Waals surface area contributed by atoms with Crippen LogP contribution in [0.5, 0.6) is 11.5 Å². The van der Waals surface area contributed by atoms with Crippen LogP contribution in [0.4, 0.5) is 4.39 Å². The zero-order valence-corrected chi connectivity index (χ0v) is 17.4. The highest BCUT2D eigenvalue weighted by atomic mass is 32.2. The highest BCUT2D eigenvalue weighted by Gasteiger charge is 2.27. The topological polar surface area (TPSA) is 66.2 Å². The second-order valence-corrected chi connectivity index (χ2v) is 8.14. The number of benzene rings is 2. The summed E-state index contributed by atoms with van der Waals surface area (Å²) in [4.78, 5) is 12.3. The number of carbonyl (C=O) groups is 1. The summed E-state index contributed by atoms with van der Waals surface area (Å²) in [6.45, 7) is 0.104. The van der Waals surface area contributed by atoms with Crippen LogP contribution in [0.3, 0.4) is 0 Å². The Hall–Kier alpha value is -2.87. The number of carbonyl (C=O) groups excluding carboxylic acids is 1.